The molecule has 2 rings (SSSR count). The van der Waals surface area contributed by atoms with E-state index in [-0.39, 0.29) is 10.9 Å². The molecule has 1 saturated heterocycles. The Hall–Kier alpha value is -0.470. The molecule has 1 aromatic rings. The van der Waals surface area contributed by atoms with Crippen molar-refractivity contribution in [3.05, 3.63) is 28.2 Å². The van der Waals surface area contributed by atoms with E-state index in [0.717, 1.165) is 24.9 Å². The van der Waals surface area contributed by atoms with Crippen LogP contribution in [0.3, 0.4) is 0 Å². The molecule has 0 aliphatic carbocycles. The number of nitrogens with zero attached hydrogens (tertiary/aromatic N) is 1. The number of rotatable bonds is 4. The number of sulfonamides is 1. The van der Waals surface area contributed by atoms with Gasteiger partial charge in [0.05, 0.1) is 4.90 Å². The highest BCUT2D eigenvalue weighted by Crippen LogP contribution is 2.25. The first kappa shape index (κ1) is 16.9. The standard InChI is InChI=1S/C14H22BrN3O2S/c1-10-7-12(5-6-18(10)2)17-21(19,20)14-8-11(9-16)3-4-13(14)15/h3-4,8,10,12,17H,5-7,9,16H2,1-2H3. The molecule has 1 aliphatic heterocycles. The molecule has 0 radical (unpaired) electrons. The summed E-state index contributed by atoms with van der Waals surface area (Å²) in [6.45, 7) is 3.34. The van der Waals surface area contributed by atoms with Gasteiger partial charge in [-0.05, 0) is 67.0 Å². The first-order chi connectivity index (χ1) is 9.83. The van der Waals surface area contributed by atoms with E-state index in [0.29, 0.717) is 17.1 Å². The Labute approximate surface area is 135 Å². The maximum absolute atomic E-state index is 12.6. The van der Waals surface area contributed by atoms with Crippen LogP contribution in [0.2, 0.25) is 0 Å². The van der Waals surface area contributed by atoms with Crippen molar-refractivity contribution in [3.63, 3.8) is 0 Å². The van der Waals surface area contributed by atoms with Crippen molar-refractivity contribution < 1.29 is 8.42 Å². The summed E-state index contributed by atoms with van der Waals surface area (Å²) in [6, 6.07) is 5.54. The highest BCUT2D eigenvalue weighted by molar-refractivity contribution is 9.10. The monoisotopic (exact) mass is 375 g/mol. The van der Waals surface area contributed by atoms with E-state index < -0.39 is 10.0 Å². The number of hydrogen-bond donors (Lipinski definition) is 2. The van der Waals surface area contributed by atoms with E-state index in [2.05, 4.69) is 39.5 Å². The number of piperidine rings is 1. The molecule has 1 aromatic carbocycles. The Morgan fingerprint density at radius 3 is 2.81 bits per heavy atom. The quantitative estimate of drug-likeness (QED) is 0.838. The molecule has 0 saturated carbocycles. The maximum Gasteiger partial charge on any atom is 0.241 e. The van der Waals surface area contributed by atoms with Gasteiger partial charge in [-0.25, -0.2) is 13.1 Å². The van der Waals surface area contributed by atoms with Gasteiger partial charge in [-0.1, -0.05) is 6.07 Å². The first-order valence-electron chi connectivity index (χ1n) is 7.04. The summed E-state index contributed by atoms with van der Waals surface area (Å²) in [6.07, 6.45) is 1.65. The Bertz CT molecular complexity index is 606. The maximum atomic E-state index is 12.6. The lowest BCUT2D eigenvalue weighted by Crippen LogP contribution is -2.47. The molecule has 118 valence electrons. The van der Waals surface area contributed by atoms with Crippen LogP contribution >= 0.6 is 15.9 Å². The van der Waals surface area contributed by atoms with Crippen molar-refractivity contribution in [2.24, 2.45) is 5.73 Å². The van der Waals surface area contributed by atoms with E-state index in [9.17, 15) is 8.42 Å². The Balaban J connectivity index is 2.19. The van der Waals surface area contributed by atoms with Gasteiger partial charge in [-0.3, -0.25) is 0 Å². The van der Waals surface area contributed by atoms with Crippen LogP contribution < -0.4 is 10.5 Å². The van der Waals surface area contributed by atoms with Gasteiger partial charge in [0.2, 0.25) is 10.0 Å². The molecule has 0 aromatic heterocycles. The molecule has 21 heavy (non-hydrogen) atoms. The zero-order chi connectivity index (χ0) is 15.6. The molecule has 0 amide bonds. The zero-order valence-electron chi connectivity index (χ0n) is 12.3. The highest BCUT2D eigenvalue weighted by atomic mass is 79.9. The number of hydrogen-bond acceptors (Lipinski definition) is 4. The predicted molar refractivity (Wildman–Crippen MR) is 87.5 cm³/mol. The molecule has 2 atom stereocenters. The van der Waals surface area contributed by atoms with Gasteiger partial charge < -0.3 is 10.6 Å². The minimum absolute atomic E-state index is 0.0189. The third kappa shape index (κ3) is 4.04. The van der Waals surface area contributed by atoms with Crippen LogP contribution in [0.5, 0.6) is 0 Å². The van der Waals surface area contributed by atoms with E-state index in [1.54, 1.807) is 12.1 Å². The van der Waals surface area contributed by atoms with Crippen LogP contribution in [-0.4, -0.2) is 39.0 Å². The first-order valence-corrected chi connectivity index (χ1v) is 9.32. The summed E-state index contributed by atoms with van der Waals surface area (Å²) in [5.41, 5.74) is 6.39. The number of halogens is 1. The van der Waals surface area contributed by atoms with Gasteiger partial charge in [-0.15, -0.1) is 0 Å². The van der Waals surface area contributed by atoms with Crippen LogP contribution in [0.25, 0.3) is 0 Å². The van der Waals surface area contributed by atoms with Crippen molar-refractivity contribution in [3.8, 4) is 0 Å². The van der Waals surface area contributed by atoms with Crippen LogP contribution in [-0.2, 0) is 16.6 Å². The van der Waals surface area contributed by atoms with Crippen molar-refractivity contribution in [2.75, 3.05) is 13.6 Å². The van der Waals surface area contributed by atoms with Crippen molar-refractivity contribution in [2.45, 2.75) is 43.3 Å². The number of nitrogens with two attached hydrogens (primary N) is 1. The minimum atomic E-state index is -3.54. The lowest BCUT2D eigenvalue weighted by Gasteiger charge is -2.35. The van der Waals surface area contributed by atoms with Crippen molar-refractivity contribution in [1.82, 2.24) is 9.62 Å². The van der Waals surface area contributed by atoms with Crippen LogP contribution in [0, 0.1) is 0 Å². The van der Waals surface area contributed by atoms with Crippen LogP contribution in [0.1, 0.15) is 25.3 Å². The van der Waals surface area contributed by atoms with Crippen LogP contribution in [0.15, 0.2) is 27.6 Å². The average Bonchev–Trinajstić information content (AvgIpc) is 2.43. The van der Waals surface area contributed by atoms with Crippen LogP contribution in [0.4, 0.5) is 0 Å². The SMILES string of the molecule is CC1CC(NS(=O)(=O)c2cc(CN)ccc2Br)CCN1C. The molecular formula is C14H22BrN3O2S. The van der Waals surface area contributed by atoms with Gasteiger partial charge in [0.25, 0.3) is 0 Å². The molecule has 7 heteroatoms. The second kappa shape index (κ2) is 6.75. The predicted octanol–water partition coefficient (Wildman–Crippen LogP) is 1.67. The smallest absolute Gasteiger partial charge is 0.241 e. The van der Waals surface area contributed by atoms with Gasteiger partial charge in [0.1, 0.15) is 0 Å². The topological polar surface area (TPSA) is 75.4 Å². The molecule has 2 unspecified atom stereocenters. The van der Waals surface area contributed by atoms with E-state index in [1.165, 1.54) is 0 Å². The largest absolute Gasteiger partial charge is 0.326 e. The fraction of sp³-hybridized carbons (Fsp3) is 0.571. The summed E-state index contributed by atoms with van der Waals surface area (Å²) in [7, 11) is -1.47. The number of nitrogens with one attached hydrogen (secondary N) is 1. The normalized spacial score (nSPS) is 24.2. The summed E-state index contributed by atoms with van der Waals surface area (Å²) in [4.78, 5) is 2.51. The average molecular weight is 376 g/mol. The molecule has 0 bridgehead atoms. The zero-order valence-corrected chi connectivity index (χ0v) is 14.7. The molecule has 5 nitrogen and oxygen atoms in total. The summed E-state index contributed by atoms with van der Waals surface area (Å²) in [5.74, 6) is 0. The molecule has 1 heterocycles. The number of benzene rings is 1. The van der Waals surface area contributed by atoms with Crippen molar-refractivity contribution >= 4 is 26.0 Å². The van der Waals surface area contributed by atoms with E-state index in [1.807, 2.05) is 6.07 Å². The lowest BCUT2D eigenvalue weighted by molar-refractivity contribution is 0.178. The fourth-order valence-electron chi connectivity index (χ4n) is 2.56. The third-order valence-corrected chi connectivity index (χ3v) is 6.57. The minimum Gasteiger partial charge on any atom is -0.326 e. The molecule has 0 spiro atoms. The van der Waals surface area contributed by atoms with Gasteiger partial charge in [0, 0.05) is 23.1 Å². The molecule has 1 fully saturated rings. The highest BCUT2D eigenvalue weighted by Gasteiger charge is 2.28. The Morgan fingerprint density at radius 2 is 2.19 bits per heavy atom. The second-order valence-corrected chi connectivity index (χ2v) is 8.18. The van der Waals surface area contributed by atoms with Gasteiger partial charge >= 0.3 is 0 Å². The Morgan fingerprint density at radius 1 is 1.48 bits per heavy atom. The van der Waals surface area contributed by atoms with Gasteiger partial charge in [-0.2, -0.15) is 0 Å². The molecule has 1 aliphatic rings. The molecule has 3 N–H and O–H groups in total. The van der Waals surface area contributed by atoms with Gasteiger partial charge in [0.15, 0.2) is 0 Å². The lowest BCUT2D eigenvalue weighted by atomic mass is 10.0. The summed E-state index contributed by atoms with van der Waals surface area (Å²) >= 11 is 3.31. The van der Waals surface area contributed by atoms with E-state index >= 15 is 0 Å². The Kier molecular flexibility index (Phi) is 5.43. The second-order valence-electron chi connectivity index (χ2n) is 5.64. The fourth-order valence-corrected chi connectivity index (χ4v) is 4.86. The summed E-state index contributed by atoms with van der Waals surface area (Å²) < 4.78 is 28.6. The third-order valence-electron chi connectivity index (χ3n) is 4.05. The van der Waals surface area contributed by atoms with E-state index in [4.69, 9.17) is 5.73 Å². The summed E-state index contributed by atoms with van der Waals surface area (Å²) in [5, 5.41) is 0. The van der Waals surface area contributed by atoms with Crippen molar-refractivity contribution in [1.29, 1.82) is 0 Å². The molecular weight excluding hydrogens is 354 g/mol. The number of likely N-dealkylation sites (tertiary alicyclic amines) is 1.